The molecular formula is C14H14N6OS. The number of hydrogen-bond acceptors (Lipinski definition) is 6. The summed E-state index contributed by atoms with van der Waals surface area (Å²) in [5.74, 6) is 0.413. The van der Waals surface area contributed by atoms with E-state index >= 15 is 0 Å². The van der Waals surface area contributed by atoms with Crippen molar-refractivity contribution in [2.75, 3.05) is 6.54 Å². The van der Waals surface area contributed by atoms with Gasteiger partial charge in [-0.2, -0.15) is 5.10 Å². The van der Waals surface area contributed by atoms with Gasteiger partial charge in [0, 0.05) is 30.1 Å². The maximum absolute atomic E-state index is 12.2. The minimum atomic E-state index is -0.143. The zero-order valence-corrected chi connectivity index (χ0v) is 12.7. The van der Waals surface area contributed by atoms with E-state index < -0.39 is 0 Å². The van der Waals surface area contributed by atoms with Gasteiger partial charge in [0.15, 0.2) is 5.82 Å². The van der Waals surface area contributed by atoms with E-state index in [1.165, 1.54) is 17.3 Å². The second kappa shape index (κ2) is 6.44. The van der Waals surface area contributed by atoms with Crippen LogP contribution in [0.5, 0.6) is 0 Å². The van der Waals surface area contributed by atoms with Gasteiger partial charge in [-0.15, -0.1) is 11.3 Å². The molecule has 112 valence electrons. The number of nitrogens with zero attached hydrogens (tertiary/aromatic N) is 5. The molecule has 7 nitrogen and oxygen atoms in total. The van der Waals surface area contributed by atoms with Crippen molar-refractivity contribution < 1.29 is 4.79 Å². The van der Waals surface area contributed by atoms with Gasteiger partial charge in [-0.25, -0.2) is 19.6 Å². The standard InChI is InChI=1S/C14H14N6OS/c1-10-19-12(7-22-10)3-5-17-14(21)11-2-4-16-13(6-11)20-9-15-8-18-20/h2,4,6-9H,3,5H2,1H3,(H,17,21). The topological polar surface area (TPSA) is 85.6 Å². The van der Waals surface area contributed by atoms with Crippen molar-refractivity contribution in [1.82, 2.24) is 30.0 Å². The third kappa shape index (κ3) is 3.34. The quantitative estimate of drug-likeness (QED) is 0.769. The lowest BCUT2D eigenvalue weighted by molar-refractivity contribution is 0.0954. The molecule has 0 aromatic carbocycles. The molecule has 0 bridgehead atoms. The molecular weight excluding hydrogens is 300 g/mol. The van der Waals surface area contributed by atoms with E-state index in [9.17, 15) is 4.79 Å². The third-order valence-corrected chi connectivity index (χ3v) is 3.82. The van der Waals surface area contributed by atoms with Gasteiger partial charge >= 0.3 is 0 Å². The molecule has 0 spiro atoms. The molecule has 0 aliphatic rings. The van der Waals surface area contributed by atoms with Crippen molar-refractivity contribution >= 4 is 17.2 Å². The summed E-state index contributed by atoms with van der Waals surface area (Å²) in [6, 6.07) is 3.35. The lowest BCUT2D eigenvalue weighted by Gasteiger charge is -2.05. The van der Waals surface area contributed by atoms with Gasteiger partial charge in [0.1, 0.15) is 12.7 Å². The maximum Gasteiger partial charge on any atom is 0.251 e. The van der Waals surface area contributed by atoms with Crippen LogP contribution < -0.4 is 5.32 Å². The molecule has 3 rings (SSSR count). The van der Waals surface area contributed by atoms with Gasteiger partial charge in [0.25, 0.3) is 5.91 Å². The van der Waals surface area contributed by atoms with Crippen molar-refractivity contribution in [2.24, 2.45) is 0 Å². The Balaban J connectivity index is 1.61. The molecule has 0 fully saturated rings. The fourth-order valence-electron chi connectivity index (χ4n) is 1.94. The third-order valence-electron chi connectivity index (χ3n) is 2.99. The lowest BCUT2D eigenvalue weighted by atomic mass is 10.2. The van der Waals surface area contributed by atoms with Gasteiger partial charge in [0.05, 0.1) is 10.7 Å². The number of amides is 1. The highest BCUT2D eigenvalue weighted by Crippen LogP contribution is 2.08. The maximum atomic E-state index is 12.2. The minimum absolute atomic E-state index is 0.143. The Morgan fingerprint density at radius 3 is 3.09 bits per heavy atom. The van der Waals surface area contributed by atoms with Crippen molar-refractivity contribution in [1.29, 1.82) is 0 Å². The highest BCUT2D eigenvalue weighted by atomic mass is 32.1. The smallest absolute Gasteiger partial charge is 0.251 e. The van der Waals surface area contributed by atoms with Crippen LogP contribution in [0.2, 0.25) is 0 Å². The molecule has 1 N–H and O–H groups in total. The summed E-state index contributed by atoms with van der Waals surface area (Å²) in [4.78, 5) is 24.6. The molecule has 3 aromatic rings. The largest absolute Gasteiger partial charge is 0.352 e. The molecule has 0 saturated heterocycles. The second-order valence-corrected chi connectivity index (χ2v) is 5.67. The van der Waals surface area contributed by atoms with Gasteiger partial charge in [-0.1, -0.05) is 0 Å². The molecule has 0 radical (unpaired) electrons. The lowest BCUT2D eigenvalue weighted by Crippen LogP contribution is -2.26. The van der Waals surface area contributed by atoms with E-state index in [0.29, 0.717) is 17.9 Å². The van der Waals surface area contributed by atoms with Crippen LogP contribution in [0.4, 0.5) is 0 Å². The van der Waals surface area contributed by atoms with E-state index in [-0.39, 0.29) is 5.91 Å². The summed E-state index contributed by atoms with van der Waals surface area (Å²) in [5.41, 5.74) is 1.54. The van der Waals surface area contributed by atoms with Gasteiger partial charge in [-0.05, 0) is 19.1 Å². The molecule has 3 heterocycles. The number of carbonyl (C=O) groups excluding carboxylic acids is 1. The molecule has 0 aliphatic heterocycles. The average molecular weight is 314 g/mol. The first-order chi connectivity index (χ1) is 10.7. The van der Waals surface area contributed by atoms with Gasteiger partial charge in [-0.3, -0.25) is 4.79 Å². The Morgan fingerprint density at radius 2 is 2.36 bits per heavy atom. The van der Waals surface area contributed by atoms with Crippen molar-refractivity contribution in [3.8, 4) is 5.82 Å². The van der Waals surface area contributed by atoms with Crippen LogP contribution in [0.25, 0.3) is 5.82 Å². The molecule has 0 atom stereocenters. The number of nitrogens with one attached hydrogen (secondary N) is 1. The molecule has 1 amide bonds. The van der Waals surface area contributed by atoms with Gasteiger partial charge in [0.2, 0.25) is 0 Å². The summed E-state index contributed by atoms with van der Waals surface area (Å²) in [6.45, 7) is 2.51. The molecule has 22 heavy (non-hydrogen) atoms. The Labute approximate surface area is 131 Å². The number of thiazole rings is 1. The fourth-order valence-corrected chi connectivity index (χ4v) is 2.59. The van der Waals surface area contributed by atoms with Crippen LogP contribution >= 0.6 is 11.3 Å². The Hall–Kier alpha value is -2.61. The highest BCUT2D eigenvalue weighted by Gasteiger charge is 2.08. The number of pyridine rings is 1. The summed E-state index contributed by atoms with van der Waals surface area (Å²) in [5, 5.41) is 9.92. The summed E-state index contributed by atoms with van der Waals surface area (Å²) in [7, 11) is 0. The first-order valence-corrected chi connectivity index (χ1v) is 7.60. The van der Waals surface area contributed by atoms with E-state index in [0.717, 1.165) is 17.1 Å². The molecule has 0 aliphatic carbocycles. The number of aryl methyl sites for hydroxylation is 1. The van der Waals surface area contributed by atoms with Crippen molar-refractivity contribution in [3.63, 3.8) is 0 Å². The second-order valence-electron chi connectivity index (χ2n) is 4.61. The van der Waals surface area contributed by atoms with Crippen LogP contribution in [-0.2, 0) is 6.42 Å². The number of rotatable bonds is 5. The Morgan fingerprint density at radius 1 is 1.45 bits per heavy atom. The zero-order chi connectivity index (χ0) is 15.4. The highest BCUT2D eigenvalue weighted by molar-refractivity contribution is 7.09. The van der Waals surface area contributed by atoms with Gasteiger partial charge < -0.3 is 5.32 Å². The van der Waals surface area contributed by atoms with Crippen LogP contribution in [0.3, 0.4) is 0 Å². The Kier molecular flexibility index (Phi) is 4.19. The monoisotopic (exact) mass is 314 g/mol. The van der Waals surface area contributed by atoms with Crippen LogP contribution in [0.15, 0.2) is 36.4 Å². The van der Waals surface area contributed by atoms with E-state index in [1.54, 1.807) is 29.7 Å². The summed E-state index contributed by atoms with van der Waals surface area (Å²) < 4.78 is 1.51. The number of aromatic nitrogens is 5. The summed E-state index contributed by atoms with van der Waals surface area (Å²) >= 11 is 1.61. The molecule has 8 heteroatoms. The van der Waals surface area contributed by atoms with Crippen LogP contribution in [0.1, 0.15) is 21.1 Å². The normalized spacial score (nSPS) is 10.6. The van der Waals surface area contributed by atoms with E-state index in [2.05, 4.69) is 25.4 Å². The van der Waals surface area contributed by atoms with E-state index in [4.69, 9.17) is 0 Å². The van der Waals surface area contributed by atoms with Crippen LogP contribution in [-0.4, -0.2) is 37.2 Å². The fraction of sp³-hybridized carbons (Fsp3) is 0.214. The minimum Gasteiger partial charge on any atom is -0.352 e. The first-order valence-electron chi connectivity index (χ1n) is 6.72. The van der Waals surface area contributed by atoms with Crippen molar-refractivity contribution in [3.05, 3.63) is 52.6 Å². The predicted molar refractivity (Wildman–Crippen MR) is 82.0 cm³/mol. The first kappa shape index (κ1) is 14.3. The molecule has 3 aromatic heterocycles. The average Bonchev–Trinajstić information content (AvgIpc) is 3.19. The van der Waals surface area contributed by atoms with E-state index in [1.807, 2.05) is 12.3 Å². The Bertz CT molecular complexity index is 767. The zero-order valence-electron chi connectivity index (χ0n) is 11.9. The van der Waals surface area contributed by atoms with Crippen molar-refractivity contribution in [2.45, 2.75) is 13.3 Å². The summed E-state index contributed by atoms with van der Waals surface area (Å²) in [6.07, 6.45) is 5.26. The molecule has 0 unspecified atom stereocenters. The number of hydrogen-bond donors (Lipinski definition) is 1. The predicted octanol–water partition coefficient (Wildman–Crippen LogP) is 1.40. The molecule has 0 saturated carbocycles. The SMILES string of the molecule is Cc1nc(CCNC(=O)c2ccnc(-n3cncn3)c2)cs1. The van der Waals surface area contributed by atoms with Crippen LogP contribution in [0, 0.1) is 6.92 Å². The number of carbonyl (C=O) groups is 1.